The van der Waals surface area contributed by atoms with E-state index in [1.54, 1.807) is 13.2 Å². The van der Waals surface area contributed by atoms with E-state index >= 15 is 0 Å². The van der Waals surface area contributed by atoms with Crippen LogP contribution in [0.15, 0.2) is 24.3 Å². The number of rotatable bonds is 5. The van der Waals surface area contributed by atoms with Gasteiger partial charge in [-0.3, -0.25) is 5.10 Å². The Morgan fingerprint density at radius 1 is 1.22 bits per heavy atom. The summed E-state index contributed by atoms with van der Waals surface area (Å²) in [6.45, 7) is 1.16. The average molecular weight is 253 g/mol. The zero-order chi connectivity index (χ0) is 13.0. The van der Waals surface area contributed by atoms with E-state index in [0.29, 0.717) is 30.2 Å². The molecule has 0 aliphatic heterocycles. The van der Waals surface area contributed by atoms with Crippen molar-refractivity contribution in [1.82, 2.24) is 10.2 Å². The molecule has 96 valence electrons. The van der Waals surface area contributed by atoms with E-state index in [9.17, 15) is 8.78 Å². The molecule has 2 aromatic rings. The first-order valence-electron chi connectivity index (χ1n) is 5.44. The highest BCUT2D eigenvalue weighted by atomic mass is 19.1. The Balaban J connectivity index is 2.13. The molecule has 2 rings (SSSR count). The Bertz CT molecular complexity index is 508. The third-order valence-electron chi connectivity index (χ3n) is 2.36. The molecule has 1 heterocycles. The van der Waals surface area contributed by atoms with Crippen LogP contribution >= 0.6 is 0 Å². The van der Waals surface area contributed by atoms with Crippen molar-refractivity contribution >= 4 is 5.82 Å². The minimum atomic E-state index is -0.617. The lowest BCUT2D eigenvalue weighted by molar-refractivity contribution is 0.210. The predicted molar refractivity (Wildman–Crippen MR) is 64.3 cm³/mol. The van der Waals surface area contributed by atoms with Gasteiger partial charge in [0, 0.05) is 31.4 Å². The number of aromatic amines is 1. The number of aromatic nitrogens is 2. The zero-order valence-corrected chi connectivity index (χ0v) is 9.84. The number of H-pyrrole nitrogens is 1. The van der Waals surface area contributed by atoms with E-state index in [1.807, 2.05) is 0 Å². The van der Waals surface area contributed by atoms with Gasteiger partial charge in [0.05, 0.1) is 12.3 Å². The first kappa shape index (κ1) is 12.5. The number of benzene rings is 1. The lowest BCUT2D eigenvalue weighted by Gasteiger charge is -2.00. The van der Waals surface area contributed by atoms with Crippen molar-refractivity contribution in [2.75, 3.05) is 25.6 Å². The number of halogens is 2. The maximum Gasteiger partial charge on any atom is 0.148 e. The number of methoxy groups -OCH3 is 1. The summed E-state index contributed by atoms with van der Waals surface area (Å²) in [6.07, 6.45) is 0. The molecular weight excluding hydrogens is 240 g/mol. The molecule has 1 aromatic carbocycles. The fourth-order valence-electron chi connectivity index (χ4n) is 1.55. The number of hydrogen-bond acceptors (Lipinski definition) is 3. The highest BCUT2D eigenvalue weighted by molar-refractivity contribution is 5.62. The van der Waals surface area contributed by atoms with Gasteiger partial charge in [-0.1, -0.05) is 0 Å². The number of anilines is 1. The molecule has 0 radical (unpaired) electrons. The van der Waals surface area contributed by atoms with Gasteiger partial charge in [0.1, 0.15) is 17.5 Å². The van der Waals surface area contributed by atoms with Gasteiger partial charge >= 0.3 is 0 Å². The smallest absolute Gasteiger partial charge is 0.148 e. The summed E-state index contributed by atoms with van der Waals surface area (Å²) in [7, 11) is 1.60. The van der Waals surface area contributed by atoms with Crippen LogP contribution in [0.1, 0.15) is 0 Å². The van der Waals surface area contributed by atoms with Crippen LogP contribution in [0.5, 0.6) is 0 Å². The second-order valence-corrected chi connectivity index (χ2v) is 3.74. The van der Waals surface area contributed by atoms with Gasteiger partial charge in [-0.05, 0) is 12.1 Å². The molecule has 0 unspecified atom stereocenters. The van der Waals surface area contributed by atoms with Crippen molar-refractivity contribution in [2.24, 2.45) is 0 Å². The predicted octanol–water partition coefficient (Wildman–Crippen LogP) is 2.41. The summed E-state index contributed by atoms with van der Waals surface area (Å²) >= 11 is 0. The zero-order valence-electron chi connectivity index (χ0n) is 9.84. The second-order valence-electron chi connectivity index (χ2n) is 3.74. The largest absolute Gasteiger partial charge is 0.383 e. The number of nitrogens with one attached hydrogen (secondary N) is 2. The molecular formula is C12H13F2N3O. The minimum absolute atomic E-state index is 0.416. The summed E-state index contributed by atoms with van der Waals surface area (Å²) in [6, 6.07) is 5.01. The van der Waals surface area contributed by atoms with E-state index in [1.165, 1.54) is 12.1 Å². The monoisotopic (exact) mass is 253 g/mol. The van der Waals surface area contributed by atoms with E-state index in [4.69, 9.17) is 4.74 Å². The maximum absolute atomic E-state index is 13.1. The van der Waals surface area contributed by atoms with E-state index in [0.717, 1.165) is 6.07 Å². The SMILES string of the molecule is COCCNc1cc(-c2cc(F)cc(F)c2)[nH]n1. The van der Waals surface area contributed by atoms with Gasteiger partial charge in [0.15, 0.2) is 0 Å². The Morgan fingerprint density at radius 2 is 1.94 bits per heavy atom. The molecule has 0 atom stereocenters. The second kappa shape index (κ2) is 5.59. The van der Waals surface area contributed by atoms with Crippen molar-refractivity contribution in [3.8, 4) is 11.3 Å². The van der Waals surface area contributed by atoms with Gasteiger partial charge in [-0.25, -0.2) is 8.78 Å². The van der Waals surface area contributed by atoms with Crippen LogP contribution in [0.25, 0.3) is 11.3 Å². The number of hydrogen-bond donors (Lipinski definition) is 2. The lowest BCUT2D eigenvalue weighted by Crippen LogP contribution is -2.07. The summed E-state index contributed by atoms with van der Waals surface area (Å²) in [5.74, 6) is -0.631. The van der Waals surface area contributed by atoms with Gasteiger partial charge in [-0.2, -0.15) is 5.10 Å². The Kier molecular flexibility index (Phi) is 3.88. The van der Waals surface area contributed by atoms with E-state index in [2.05, 4.69) is 15.5 Å². The van der Waals surface area contributed by atoms with Crippen LogP contribution in [0.2, 0.25) is 0 Å². The molecule has 0 bridgehead atoms. The molecule has 4 nitrogen and oxygen atoms in total. The van der Waals surface area contributed by atoms with Crippen molar-refractivity contribution in [3.63, 3.8) is 0 Å². The molecule has 0 aliphatic rings. The van der Waals surface area contributed by atoms with Gasteiger partial charge in [0.2, 0.25) is 0 Å². The van der Waals surface area contributed by atoms with Crippen LogP contribution in [0.4, 0.5) is 14.6 Å². The molecule has 0 spiro atoms. The Labute approximate surface area is 103 Å². The van der Waals surface area contributed by atoms with E-state index < -0.39 is 11.6 Å². The summed E-state index contributed by atoms with van der Waals surface area (Å²) in [5.41, 5.74) is 0.966. The Morgan fingerprint density at radius 3 is 2.61 bits per heavy atom. The Hall–Kier alpha value is -1.95. The third-order valence-corrected chi connectivity index (χ3v) is 2.36. The minimum Gasteiger partial charge on any atom is -0.383 e. The van der Waals surface area contributed by atoms with Crippen molar-refractivity contribution < 1.29 is 13.5 Å². The molecule has 2 N–H and O–H groups in total. The molecule has 18 heavy (non-hydrogen) atoms. The third kappa shape index (κ3) is 3.04. The highest BCUT2D eigenvalue weighted by Crippen LogP contribution is 2.21. The fourth-order valence-corrected chi connectivity index (χ4v) is 1.55. The molecule has 0 saturated heterocycles. The molecule has 0 aliphatic carbocycles. The number of ether oxygens (including phenoxy) is 1. The summed E-state index contributed by atoms with van der Waals surface area (Å²) in [5, 5.41) is 9.71. The normalized spacial score (nSPS) is 10.6. The van der Waals surface area contributed by atoms with Crippen LogP contribution in [0.3, 0.4) is 0 Å². The van der Waals surface area contributed by atoms with Gasteiger partial charge in [0.25, 0.3) is 0 Å². The maximum atomic E-state index is 13.1. The van der Waals surface area contributed by atoms with Crippen LogP contribution in [-0.2, 0) is 4.74 Å². The fraction of sp³-hybridized carbons (Fsp3) is 0.250. The first-order valence-corrected chi connectivity index (χ1v) is 5.44. The van der Waals surface area contributed by atoms with Crippen molar-refractivity contribution in [2.45, 2.75) is 0 Å². The van der Waals surface area contributed by atoms with Crippen molar-refractivity contribution in [1.29, 1.82) is 0 Å². The summed E-state index contributed by atoms with van der Waals surface area (Å²) < 4.78 is 31.0. The average Bonchev–Trinajstić information content (AvgIpc) is 2.77. The van der Waals surface area contributed by atoms with Gasteiger partial charge < -0.3 is 10.1 Å². The molecule has 0 saturated carbocycles. The molecule has 1 aromatic heterocycles. The summed E-state index contributed by atoms with van der Waals surface area (Å²) in [4.78, 5) is 0. The van der Waals surface area contributed by atoms with Gasteiger partial charge in [-0.15, -0.1) is 0 Å². The van der Waals surface area contributed by atoms with Crippen LogP contribution < -0.4 is 5.32 Å². The highest BCUT2D eigenvalue weighted by Gasteiger charge is 2.06. The lowest BCUT2D eigenvalue weighted by atomic mass is 10.1. The quantitative estimate of drug-likeness (QED) is 0.804. The van der Waals surface area contributed by atoms with Crippen LogP contribution in [-0.4, -0.2) is 30.5 Å². The standard InChI is InChI=1S/C12H13F2N3O/c1-18-3-2-15-12-7-11(16-17-12)8-4-9(13)6-10(14)5-8/h4-7H,2-3H2,1H3,(H2,15,16,17). The first-order chi connectivity index (χ1) is 8.69. The van der Waals surface area contributed by atoms with Crippen molar-refractivity contribution in [3.05, 3.63) is 35.9 Å². The molecule has 0 amide bonds. The molecule has 0 fully saturated rings. The molecule has 6 heteroatoms. The van der Waals surface area contributed by atoms with E-state index in [-0.39, 0.29) is 0 Å². The van der Waals surface area contributed by atoms with Crippen LogP contribution in [0, 0.1) is 11.6 Å². The number of nitrogens with zero attached hydrogens (tertiary/aromatic N) is 1. The topological polar surface area (TPSA) is 49.9 Å².